The Morgan fingerprint density at radius 1 is 0.704 bits per heavy atom. The number of aromatic nitrogens is 3. The first-order chi connectivity index (χ1) is 13.2. The van der Waals surface area contributed by atoms with Crippen molar-refractivity contribution in [3.05, 3.63) is 78.6 Å². The van der Waals surface area contributed by atoms with Gasteiger partial charge in [0.1, 0.15) is 0 Å². The number of hydrogen-bond donors (Lipinski definition) is 2. The molecule has 0 unspecified atom stereocenters. The first-order valence-corrected chi connectivity index (χ1v) is 8.86. The van der Waals surface area contributed by atoms with Crippen LogP contribution < -0.4 is 5.46 Å². The Morgan fingerprint density at radius 2 is 1.33 bits per heavy atom. The third-order valence-corrected chi connectivity index (χ3v) is 4.39. The summed E-state index contributed by atoms with van der Waals surface area (Å²) in [5.41, 5.74) is 3.13. The van der Waals surface area contributed by atoms with Crippen LogP contribution in [0.3, 0.4) is 0 Å². The molecular weight excluding hydrogens is 337 g/mol. The molecule has 2 aromatic carbocycles. The molecule has 0 saturated carbocycles. The van der Waals surface area contributed by atoms with E-state index in [2.05, 4.69) is 27.1 Å². The predicted molar refractivity (Wildman–Crippen MR) is 107 cm³/mol. The highest BCUT2D eigenvalue weighted by Crippen LogP contribution is 2.24. The fraction of sp³-hybridized carbons (Fsp3) is 0.0952. The number of hydrogen-bond acceptors (Lipinski definition) is 5. The molecule has 0 atom stereocenters. The van der Waals surface area contributed by atoms with Gasteiger partial charge in [0, 0.05) is 16.7 Å². The summed E-state index contributed by atoms with van der Waals surface area (Å²) in [5, 5.41) is 18.6. The zero-order valence-electron chi connectivity index (χ0n) is 14.7. The largest absolute Gasteiger partial charge is 0.488 e. The molecule has 0 fully saturated rings. The molecule has 0 amide bonds. The van der Waals surface area contributed by atoms with Crippen LogP contribution in [0.1, 0.15) is 18.7 Å². The van der Waals surface area contributed by atoms with Crippen molar-refractivity contribution in [1.82, 2.24) is 15.0 Å². The fourth-order valence-electron chi connectivity index (χ4n) is 2.93. The minimum Gasteiger partial charge on any atom is -0.423 e. The summed E-state index contributed by atoms with van der Waals surface area (Å²) in [6.45, 7) is 0. The second-order valence-electron chi connectivity index (χ2n) is 6.31. The summed E-state index contributed by atoms with van der Waals surface area (Å²) in [6, 6.07) is 16.7. The first kappa shape index (κ1) is 17.3. The molecule has 1 aliphatic rings. The molecule has 2 N–H and O–H groups in total. The monoisotopic (exact) mass is 355 g/mol. The second-order valence-corrected chi connectivity index (χ2v) is 6.31. The van der Waals surface area contributed by atoms with Crippen LogP contribution in [-0.2, 0) is 0 Å². The van der Waals surface area contributed by atoms with Crippen molar-refractivity contribution in [2.75, 3.05) is 0 Å². The van der Waals surface area contributed by atoms with Crippen LogP contribution in [0.25, 0.3) is 28.3 Å². The molecule has 0 radical (unpaired) electrons. The Labute approximate surface area is 157 Å². The topological polar surface area (TPSA) is 79.1 Å². The van der Waals surface area contributed by atoms with Crippen LogP contribution in [0.15, 0.2) is 72.8 Å². The molecule has 3 aromatic rings. The highest BCUT2D eigenvalue weighted by Gasteiger charge is 2.15. The van der Waals surface area contributed by atoms with Crippen molar-refractivity contribution in [2.45, 2.75) is 12.8 Å². The van der Waals surface area contributed by atoms with Gasteiger partial charge in [0.25, 0.3) is 0 Å². The molecular formula is C21H18BN3O2. The minimum atomic E-state index is -1.50. The summed E-state index contributed by atoms with van der Waals surface area (Å²) in [4.78, 5) is 14.0. The lowest BCUT2D eigenvalue weighted by Gasteiger charge is -2.10. The van der Waals surface area contributed by atoms with E-state index in [0.29, 0.717) is 22.9 Å². The smallest absolute Gasteiger partial charge is 0.423 e. The molecule has 5 nitrogen and oxygen atoms in total. The quantitative estimate of drug-likeness (QED) is 0.704. The van der Waals surface area contributed by atoms with Crippen molar-refractivity contribution in [2.24, 2.45) is 0 Å². The van der Waals surface area contributed by atoms with E-state index in [9.17, 15) is 10.0 Å². The van der Waals surface area contributed by atoms with Crippen LogP contribution in [0.4, 0.5) is 0 Å². The summed E-state index contributed by atoms with van der Waals surface area (Å²) in [7, 11) is -1.50. The Hall–Kier alpha value is -3.09. The van der Waals surface area contributed by atoms with Crippen LogP contribution in [0.5, 0.6) is 0 Å². The SMILES string of the molecule is OB(O)c1ccc(-c2nc(C3=CCCC=C3)nc(-c3ccccc3)n2)cc1. The fourth-order valence-corrected chi connectivity index (χ4v) is 2.93. The van der Waals surface area contributed by atoms with Gasteiger partial charge in [-0.25, -0.2) is 15.0 Å². The normalized spacial score (nSPS) is 13.3. The third-order valence-electron chi connectivity index (χ3n) is 4.39. The van der Waals surface area contributed by atoms with E-state index in [1.54, 1.807) is 24.3 Å². The molecule has 0 saturated heterocycles. The van der Waals surface area contributed by atoms with Crippen molar-refractivity contribution in [1.29, 1.82) is 0 Å². The van der Waals surface area contributed by atoms with Crippen molar-refractivity contribution in [3.63, 3.8) is 0 Å². The Balaban J connectivity index is 1.82. The Kier molecular flexibility index (Phi) is 4.92. The molecule has 1 heterocycles. The highest BCUT2D eigenvalue weighted by atomic mass is 16.4. The maximum absolute atomic E-state index is 9.29. The van der Waals surface area contributed by atoms with Crippen LogP contribution >= 0.6 is 0 Å². The summed E-state index contributed by atoms with van der Waals surface area (Å²) in [6.07, 6.45) is 8.30. The van der Waals surface area contributed by atoms with Crippen molar-refractivity contribution >= 4 is 18.2 Å². The van der Waals surface area contributed by atoms with Gasteiger partial charge in [-0.1, -0.05) is 72.8 Å². The summed E-state index contributed by atoms with van der Waals surface area (Å²) in [5.74, 6) is 1.81. The second kappa shape index (κ2) is 7.66. The molecule has 132 valence electrons. The average molecular weight is 355 g/mol. The molecule has 27 heavy (non-hydrogen) atoms. The van der Waals surface area contributed by atoms with Crippen molar-refractivity contribution in [3.8, 4) is 22.8 Å². The lowest BCUT2D eigenvalue weighted by atomic mass is 9.80. The van der Waals surface area contributed by atoms with Gasteiger partial charge in [0.2, 0.25) is 0 Å². The molecule has 1 aromatic heterocycles. The molecule has 4 rings (SSSR count). The number of allylic oxidation sites excluding steroid dienone is 4. The van der Waals surface area contributed by atoms with Gasteiger partial charge in [0.15, 0.2) is 17.5 Å². The number of rotatable bonds is 4. The molecule has 6 heteroatoms. The maximum atomic E-state index is 9.29. The minimum absolute atomic E-state index is 0.425. The van der Waals surface area contributed by atoms with Crippen LogP contribution in [0, 0.1) is 0 Å². The Morgan fingerprint density at radius 3 is 1.93 bits per heavy atom. The summed E-state index contributed by atoms with van der Waals surface area (Å²) >= 11 is 0. The van der Waals surface area contributed by atoms with E-state index in [-0.39, 0.29) is 0 Å². The van der Waals surface area contributed by atoms with Crippen LogP contribution in [-0.4, -0.2) is 32.1 Å². The number of benzene rings is 2. The van der Waals surface area contributed by atoms with E-state index in [4.69, 9.17) is 0 Å². The molecule has 0 aliphatic heterocycles. The van der Waals surface area contributed by atoms with E-state index < -0.39 is 7.12 Å². The highest BCUT2D eigenvalue weighted by molar-refractivity contribution is 6.58. The van der Waals surface area contributed by atoms with Gasteiger partial charge < -0.3 is 10.0 Å². The molecule has 0 bridgehead atoms. The predicted octanol–water partition coefficient (Wildman–Crippen LogP) is 2.62. The lowest BCUT2D eigenvalue weighted by Crippen LogP contribution is -2.29. The number of nitrogens with zero attached hydrogens (tertiary/aromatic N) is 3. The van der Waals surface area contributed by atoms with E-state index in [1.165, 1.54) is 0 Å². The van der Waals surface area contributed by atoms with E-state index in [1.807, 2.05) is 36.4 Å². The molecule has 1 aliphatic carbocycles. The van der Waals surface area contributed by atoms with Gasteiger partial charge in [0.05, 0.1) is 0 Å². The zero-order chi connectivity index (χ0) is 18.6. The first-order valence-electron chi connectivity index (χ1n) is 8.86. The van der Waals surface area contributed by atoms with E-state index in [0.717, 1.165) is 29.5 Å². The van der Waals surface area contributed by atoms with Crippen molar-refractivity contribution < 1.29 is 10.0 Å². The van der Waals surface area contributed by atoms with Gasteiger partial charge >= 0.3 is 7.12 Å². The Bertz CT molecular complexity index is 1000. The third kappa shape index (κ3) is 3.87. The summed E-state index contributed by atoms with van der Waals surface area (Å²) < 4.78 is 0. The zero-order valence-corrected chi connectivity index (χ0v) is 14.7. The van der Waals surface area contributed by atoms with Gasteiger partial charge in [-0.2, -0.15) is 0 Å². The van der Waals surface area contributed by atoms with Gasteiger partial charge in [-0.05, 0) is 18.3 Å². The molecule has 0 spiro atoms. The average Bonchev–Trinajstić information content (AvgIpc) is 2.75. The van der Waals surface area contributed by atoms with Gasteiger partial charge in [-0.3, -0.25) is 0 Å². The lowest BCUT2D eigenvalue weighted by molar-refractivity contribution is 0.426. The van der Waals surface area contributed by atoms with Gasteiger partial charge in [-0.15, -0.1) is 0 Å². The maximum Gasteiger partial charge on any atom is 0.488 e. The van der Waals surface area contributed by atoms with E-state index >= 15 is 0 Å². The standard InChI is InChI=1S/C21H18BN3O2/c26-22(27)18-13-11-17(12-14-18)21-24-19(15-7-3-1-4-8-15)23-20(25-21)16-9-5-2-6-10-16/h1,3-5,7-14,26-27H,2,6H2. The van der Waals surface area contributed by atoms with Crippen LogP contribution in [0.2, 0.25) is 0 Å².